The molecule has 0 saturated heterocycles. The van der Waals surface area contributed by atoms with E-state index in [4.69, 9.17) is 4.74 Å². The Balaban J connectivity index is 2.11. The van der Waals surface area contributed by atoms with Crippen molar-refractivity contribution >= 4 is 17.7 Å². The van der Waals surface area contributed by atoms with Crippen molar-refractivity contribution in [1.82, 2.24) is 9.55 Å². The summed E-state index contributed by atoms with van der Waals surface area (Å²) in [5.41, 5.74) is -1.94. The van der Waals surface area contributed by atoms with E-state index in [2.05, 4.69) is 10.1 Å². The molecule has 1 heterocycles. The van der Waals surface area contributed by atoms with E-state index in [0.29, 0.717) is 23.0 Å². The van der Waals surface area contributed by atoms with Crippen LogP contribution in [0.5, 0.6) is 11.5 Å². The largest absolute Gasteiger partial charge is 0.504 e. The summed E-state index contributed by atoms with van der Waals surface area (Å²) < 4.78 is 5.72. The van der Waals surface area contributed by atoms with Crippen molar-refractivity contribution in [2.24, 2.45) is 12.1 Å². The zero-order valence-corrected chi connectivity index (χ0v) is 16.0. The average Bonchev–Trinajstić information content (AvgIpc) is 3.21. The summed E-state index contributed by atoms with van der Waals surface area (Å²) in [5.74, 6) is -0.0323. The normalized spacial score (nSPS) is 14.4. The van der Waals surface area contributed by atoms with Crippen LogP contribution in [-0.2, 0) is 7.05 Å². The molecule has 1 fully saturated rings. The molecular formula is C18H21N5O6. The Labute approximate surface area is 165 Å². The maximum Gasteiger partial charge on any atom is 0.376 e. The molecule has 154 valence electrons. The summed E-state index contributed by atoms with van der Waals surface area (Å²) in [5, 5.41) is 27.0. The first-order chi connectivity index (χ1) is 13.8. The molecule has 3 rings (SSSR count). The van der Waals surface area contributed by atoms with Gasteiger partial charge in [-0.2, -0.15) is 5.10 Å². The third-order valence-corrected chi connectivity index (χ3v) is 4.88. The molecule has 2 aromatic rings. The SMILES string of the molecule is COc1cc(/C=N/N(c2[nH]c(=O)n(C)c(=O)c2[N+](=O)[O-])C2CCCC2)ccc1O. The van der Waals surface area contributed by atoms with Crippen molar-refractivity contribution in [3.63, 3.8) is 0 Å². The molecule has 1 saturated carbocycles. The van der Waals surface area contributed by atoms with Gasteiger partial charge in [-0.05, 0) is 36.6 Å². The molecule has 11 heteroatoms. The van der Waals surface area contributed by atoms with Crippen LogP contribution in [0.1, 0.15) is 31.2 Å². The van der Waals surface area contributed by atoms with Crippen LogP contribution < -0.4 is 21.0 Å². The second-order valence-electron chi connectivity index (χ2n) is 6.71. The van der Waals surface area contributed by atoms with Crippen LogP contribution in [0.25, 0.3) is 0 Å². The quantitative estimate of drug-likeness (QED) is 0.422. The molecule has 0 spiro atoms. The average molecular weight is 403 g/mol. The molecule has 1 aliphatic carbocycles. The number of anilines is 1. The molecule has 2 N–H and O–H groups in total. The number of methoxy groups -OCH3 is 1. The first-order valence-electron chi connectivity index (χ1n) is 9.01. The predicted octanol–water partition coefficient (Wildman–Crippen LogP) is 1.48. The third kappa shape index (κ3) is 3.98. The molecule has 1 aromatic heterocycles. The monoisotopic (exact) mass is 403 g/mol. The van der Waals surface area contributed by atoms with Crippen LogP contribution in [-0.4, -0.2) is 38.9 Å². The van der Waals surface area contributed by atoms with Gasteiger partial charge in [-0.1, -0.05) is 12.8 Å². The van der Waals surface area contributed by atoms with Crippen LogP contribution in [0.2, 0.25) is 0 Å². The molecule has 0 atom stereocenters. The van der Waals surface area contributed by atoms with Crippen molar-refractivity contribution in [1.29, 1.82) is 0 Å². The number of H-pyrrole nitrogens is 1. The summed E-state index contributed by atoms with van der Waals surface area (Å²) in [6.07, 6.45) is 4.67. The van der Waals surface area contributed by atoms with E-state index >= 15 is 0 Å². The number of nitrogens with zero attached hydrogens (tertiary/aromatic N) is 4. The number of aromatic amines is 1. The predicted molar refractivity (Wildman–Crippen MR) is 106 cm³/mol. The summed E-state index contributed by atoms with van der Waals surface area (Å²) in [6.45, 7) is 0. The van der Waals surface area contributed by atoms with Crippen molar-refractivity contribution in [2.75, 3.05) is 12.1 Å². The lowest BCUT2D eigenvalue weighted by molar-refractivity contribution is -0.386. The van der Waals surface area contributed by atoms with Gasteiger partial charge in [-0.3, -0.25) is 24.5 Å². The number of aromatic hydroxyl groups is 1. The maximum absolute atomic E-state index is 12.3. The van der Waals surface area contributed by atoms with E-state index in [1.807, 2.05) is 0 Å². The summed E-state index contributed by atoms with van der Waals surface area (Å²) in [6, 6.07) is 4.37. The lowest BCUT2D eigenvalue weighted by atomic mass is 10.2. The van der Waals surface area contributed by atoms with Crippen LogP contribution in [0.15, 0.2) is 32.9 Å². The van der Waals surface area contributed by atoms with Gasteiger partial charge in [0.05, 0.1) is 24.3 Å². The molecular weight excluding hydrogens is 382 g/mol. The third-order valence-electron chi connectivity index (χ3n) is 4.88. The minimum Gasteiger partial charge on any atom is -0.504 e. The highest BCUT2D eigenvalue weighted by Gasteiger charge is 2.32. The molecule has 0 radical (unpaired) electrons. The van der Waals surface area contributed by atoms with Crippen LogP contribution in [0, 0.1) is 10.1 Å². The van der Waals surface area contributed by atoms with Crippen LogP contribution in [0.4, 0.5) is 11.5 Å². The Hall–Kier alpha value is -3.63. The van der Waals surface area contributed by atoms with Gasteiger partial charge < -0.3 is 9.84 Å². The van der Waals surface area contributed by atoms with E-state index in [0.717, 1.165) is 12.8 Å². The van der Waals surface area contributed by atoms with Gasteiger partial charge in [-0.15, -0.1) is 0 Å². The number of hydrazone groups is 1. The highest BCUT2D eigenvalue weighted by molar-refractivity contribution is 5.82. The zero-order chi connectivity index (χ0) is 21.1. The number of rotatable bonds is 6. The first-order valence-corrected chi connectivity index (χ1v) is 9.01. The number of nitro groups is 1. The van der Waals surface area contributed by atoms with E-state index in [9.17, 15) is 24.8 Å². The maximum atomic E-state index is 12.3. The van der Waals surface area contributed by atoms with Crippen molar-refractivity contribution in [3.05, 3.63) is 54.7 Å². The van der Waals surface area contributed by atoms with Gasteiger partial charge in [0.1, 0.15) is 0 Å². The minimum absolute atomic E-state index is 0.0381. The Kier molecular flexibility index (Phi) is 5.66. The number of hydrogen-bond acceptors (Lipinski definition) is 8. The Morgan fingerprint density at radius 3 is 2.69 bits per heavy atom. The highest BCUT2D eigenvalue weighted by atomic mass is 16.6. The second kappa shape index (κ2) is 8.17. The first kappa shape index (κ1) is 20.1. The molecule has 0 bridgehead atoms. The molecule has 0 amide bonds. The van der Waals surface area contributed by atoms with E-state index in [1.54, 1.807) is 12.1 Å². The van der Waals surface area contributed by atoms with Gasteiger partial charge in [0, 0.05) is 7.05 Å². The lowest BCUT2D eigenvalue weighted by Crippen LogP contribution is -2.39. The topological polar surface area (TPSA) is 143 Å². The molecule has 0 unspecified atom stereocenters. The zero-order valence-electron chi connectivity index (χ0n) is 16.0. The fraction of sp³-hybridized carbons (Fsp3) is 0.389. The fourth-order valence-corrected chi connectivity index (χ4v) is 3.31. The highest BCUT2D eigenvalue weighted by Crippen LogP contribution is 2.31. The Morgan fingerprint density at radius 2 is 2.07 bits per heavy atom. The van der Waals surface area contributed by atoms with Crippen LogP contribution >= 0.6 is 0 Å². The van der Waals surface area contributed by atoms with Crippen molar-refractivity contribution in [2.45, 2.75) is 31.7 Å². The fourth-order valence-electron chi connectivity index (χ4n) is 3.31. The molecule has 1 aliphatic rings. The Bertz CT molecular complexity index is 1070. The Morgan fingerprint density at radius 1 is 1.38 bits per heavy atom. The number of hydrogen-bond donors (Lipinski definition) is 2. The number of ether oxygens (including phenoxy) is 1. The smallest absolute Gasteiger partial charge is 0.376 e. The van der Waals surface area contributed by atoms with E-state index in [-0.39, 0.29) is 23.4 Å². The number of aromatic nitrogens is 2. The van der Waals surface area contributed by atoms with Gasteiger partial charge >= 0.3 is 16.9 Å². The molecule has 11 nitrogen and oxygen atoms in total. The molecule has 0 aliphatic heterocycles. The van der Waals surface area contributed by atoms with E-state index in [1.165, 1.54) is 31.4 Å². The van der Waals surface area contributed by atoms with Crippen LogP contribution in [0.3, 0.4) is 0 Å². The van der Waals surface area contributed by atoms with E-state index < -0.39 is 21.9 Å². The number of nitrogens with one attached hydrogen (secondary N) is 1. The molecule has 1 aromatic carbocycles. The summed E-state index contributed by atoms with van der Waals surface area (Å²) in [7, 11) is 2.58. The summed E-state index contributed by atoms with van der Waals surface area (Å²) in [4.78, 5) is 37.6. The second-order valence-corrected chi connectivity index (χ2v) is 6.71. The number of phenolic OH excluding ortho intramolecular Hbond substituents is 1. The lowest BCUT2D eigenvalue weighted by Gasteiger charge is -2.24. The minimum atomic E-state index is -1.00. The van der Waals surface area contributed by atoms with Gasteiger partial charge in [0.2, 0.25) is 5.82 Å². The standard InChI is InChI=1S/C18H21N5O6/c1-21-17(25)15(23(27)28)16(20-18(21)26)22(12-5-3-4-6-12)19-10-11-7-8-13(24)14(9-11)29-2/h7-10,12,24H,3-6H2,1-2H3,(H,20,26)/b19-10+. The summed E-state index contributed by atoms with van der Waals surface area (Å²) >= 11 is 0. The van der Waals surface area contributed by atoms with Gasteiger partial charge in [-0.25, -0.2) is 9.80 Å². The molecule has 29 heavy (non-hydrogen) atoms. The van der Waals surface area contributed by atoms with Gasteiger partial charge in [0.25, 0.3) is 0 Å². The van der Waals surface area contributed by atoms with Crippen molar-refractivity contribution in [3.8, 4) is 11.5 Å². The number of benzene rings is 1. The number of phenols is 1. The van der Waals surface area contributed by atoms with Crippen molar-refractivity contribution < 1.29 is 14.8 Å². The van der Waals surface area contributed by atoms with Gasteiger partial charge in [0.15, 0.2) is 11.5 Å².